The number of anilines is 1. The Balaban J connectivity index is 2.00. The van der Waals surface area contributed by atoms with Crippen molar-refractivity contribution < 1.29 is 0 Å². The van der Waals surface area contributed by atoms with Gasteiger partial charge in [-0.3, -0.25) is 4.98 Å². The lowest BCUT2D eigenvalue weighted by Crippen LogP contribution is -2.40. The molecule has 0 unspecified atom stereocenters. The Hall–Kier alpha value is -1.97. The van der Waals surface area contributed by atoms with E-state index >= 15 is 0 Å². The van der Waals surface area contributed by atoms with E-state index in [0.29, 0.717) is 6.04 Å². The molecule has 0 amide bonds. The molecule has 1 aliphatic carbocycles. The molecule has 0 bridgehead atoms. The van der Waals surface area contributed by atoms with Gasteiger partial charge < -0.3 is 4.90 Å². The summed E-state index contributed by atoms with van der Waals surface area (Å²) in [6.45, 7) is 5.33. The number of hydrogen-bond acceptors (Lipinski definition) is 4. The molecular formula is C17H22N4. The summed E-state index contributed by atoms with van der Waals surface area (Å²) in [7, 11) is 0. The Morgan fingerprint density at radius 1 is 1.19 bits per heavy atom. The molecule has 21 heavy (non-hydrogen) atoms. The molecule has 2 aromatic heterocycles. The maximum absolute atomic E-state index is 4.78. The van der Waals surface area contributed by atoms with Crippen LogP contribution in [0.1, 0.15) is 38.8 Å². The van der Waals surface area contributed by atoms with Crippen LogP contribution in [0.15, 0.2) is 30.5 Å². The van der Waals surface area contributed by atoms with Crippen LogP contribution in [0.5, 0.6) is 0 Å². The van der Waals surface area contributed by atoms with E-state index in [0.717, 1.165) is 36.0 Å². The highest BCUT2D eigenvalue weighted by Crippen LogP contribution is 2.29. The highest BCUT2D eigenvalue weighted by atomic mass is 15.2. The van der Waals surface area contributed by atoms with Gasteiger partial charge in [0.2, 0.25) is 0 Å². The van der Waals surface area contributed by atoms with Crippen LogP contribution < -0.4 is 4.90 Å². The first-order valence-corrected chi connectivity index (χ1v) is 7.87. The third-order valence-electron chi connectivity index (χ3n) is 4.17. The summed E-state index contributed by atoms with van der Waals surface area (Å²) in [6, 6.07) is 8.65. The first kappa shape index (κ1) is 14.0. The summed E-state index contributed by atoms with van der Waals surface area (Å²) in [6.07, 6.45) is 6.59. The summed E-state index contributed by atoms with van der Waals surface area (Å²) >= 11 is 0. The van der Waals surface area contributed by atoms with E-state index in [9.17, 15) is 0 Å². The smallest absolute Gasteiger partial charge is 0.180 e. The minimum atomic E-state index is 0.645. The van der Waals surface area contributed by atoms with Crippen molar-refractivity contribution in [1.82, 2.24) is 15.0 Å². The molecule has 0 aromatic carbocycles. The predicted molar refractivity (Wildman–Crippen MR) is 85.3 cm³/mol. The van der Waals surface area contributed by atoms with Crippen LogP contribution >= 0.6 is 0 Å². The molecule has 4 heteroatoms. The summed E-state index contributed by atoms with van der Waals surface area (Å²) in [5.74, 6) is 1.79. The van der Waals surface area contributed by atoms with Crippen molar-refractivity contribution in [2.45, 2.75) is 45.6 Å². The van der Waals surface area contributed by atoms with E-state index in [2.05, 4.69) is 34.8 Å². The van der Waals surface area contributed by atoms with E-state index in [1.165, 1.54) is 19.3 Å². The number of hydrogen-bond donors (Lipinski definition) is 0. The molecule has 1 fully saturated rings. The number of nitrogens with zero attached hydrogens (tertiary/aromatic N) is 4. The Morgan fingerprint density at radius 2 is 2.05 bits per heavy atom. The molecule has 2 aromatic rings. The molecule has 0 spiro atoms. The molecule has 0 N–H and O–H groups in total. The molecule has 3 rings (SSSR count). The molecule has 110 valence electrons. The highest BCUT2D eigenvalue weighted by Gasteiger charge is 2.25. The van der Waals surface area contributed by atoms with Crippen molar-refractivity contribution in [2.24, 2.45) is 0 Å². The van der Waals surface area contributed by atoms with Crippen LogP contribution in [0, 0.1) is 0 Å². The lowest BCUT2D eigenvalue weighted by atomic mass is 9.91. The SMILES string of the molecule is CCc1cc(N(CC)C2CCC2)nc(-c2ccccn2)n1. The van der Waals surface area contributed by atoms with Crippen molar-refractivity contribution in [3.8, 4) is 11.5 Å². The largest absolute Gasteiger partial charge is 0.354 e. The average Bonchev–Trinajstić information content (AvgIpc) is 2.51. The van der Waals surface area contributed by atoms with E-state index in [1.807, 2.05) is 18.2 Å². The van der Waals surface area contributed by atoms with Gasteiger partial charge in [0.1, 0.15) is 11.5 Å². The van der Waals surface area contributed by atoms with Crippen LogP contribution in [0.2, 0.25) is 0 Å². The van der Waals surface area contributed by atoms with Gasteiger partial charge in [-0.05, 0) is 44.7 Å². The van der Waals surface area contributed by atoms with Crippen molar-refractivity contribution in [2.75, 3.05) is 11.4 Å². The van der Waals surface area contributed by atoms with E-state index in [1.54, 1.807) is 6.20 Å². The summed E-state index contributed by atoms with van der Waals surface area (Å²) in [5.41, 5.74) is 1.93. The lowest BCUT2D eigenvalue weighted by Gasteiger charge is -2.38. The van der Waals surface area contributed by atoms with Gasteiger partial charge in [0.05, 0.1) is 0 Å². The van der Waals surface area contributed by atoms with Crippen LogP contribution in [0.3, 0.4) is 0 Å². The number of rotatable bonds is 5. The summed E-state index contributed by atoms with van der Waals surface area (Å²) in [4.78, 5) is 16.2. The van der Waals surface area contributed by atoms with Gasteiger partial charge in [-0.1, -0.05) is 13.0 Å². The maximum Gasteiger partial charge on any atom is 0.180 e. The normalized spacial score (nSPS) is 14.8. The topological polar surface area (TPSA) is 41.9 Å². The molecule has 0 atom stereocenters. The molecule has 1 saturated carbocycles. The zero-order valence-electron chi connectivity index (χ0n) is 12.8. The summed E-state index contributed by atoms with van der Waals surface area (Å²) in [5, 5.41) is 0. The predicted octanol–water partition coefficient (Wildman–Crippen LogP) is 3.48. The lowest BCUT2D eigenvalue weighted by molar-refractivity contribution is 0.388. The summed E-state index contributed by atoms with van der Waals surface area (Å²) < 4.78 is 0. The number of aryl methyl sites for hydroxylation is 1. The van der Waals surface area contributed by atoms with E-state index in [-0.39, 0.29) is 0 Å². The van der Waals surface area contributed by atoms with Crippen molar-refractivity contribution in [3.05, 3.63) is 36.2 Å². The van der Waals surface area contributed by atoms with Gasteiger partial charge in [-0.25, -0.2) is 9.97 Å². The average molecular weight is 282 g/mol. The number of aromatic nitrogens is 3. The van der Waals surface area contributed by atoms with Gasteiger partial charge in [-0.15, -0.1) is 0 Å². The molecular weight excluding hydrogens is 260 g/mol. The first-order valence-electron chi connectivity index (χ1n) is 7.87. The van der Waals surface area contributed by atoms with Crippen molar-refractivity contribution >= 4 is 5.82 Å². The molecule has 1 aliphatic rings. The number of pyridine rings is 1. The fourth-order valence-corrected chi connectivity index (χ4v) is 2.73. The van der Waals surface area contributed by atoms with Crippen LogP contribution in [-0.4, -0.2) is 27.5 Å². The minimum Gasteiger partial charge on any atom is -0.354 e. The van der Waals surface area contributed by atoms with Crippen LogP contribution in [0.4, 0.5) is 5.82 Å². The first-order chi connectivity index (χ1) is 10.3. The van der Waals surface area contributed by atoms with Gasteiger partial charge in [0, 0.05) is 30.5 Å². The third kappa shape index (κ3) is 2.89. The quantitative estimate of drug-likeness (QED) is 0.842. The second-order valence-corrected chi connectivity index (χ2v) is 5.48. The Morgan fingerprint density at radius 3 is 2.62 bits per heavy atom. The Kier molecular flexibility index (Phi) is 4.13. The van der Waals surface area contributed by atoms with Crippen molar-refractivity contribution in [3.63, 3.8) is 0 Å². The minimum absolute atomic E-state index is 0.645. The molecule has 0 saturated heterocycles. The second kappa shape index (κ2) is 6.20. The Bertz CT molecular complexity index is 593. The van der Waals surface area contributed by atoms with E-state index in [4.69, 9.17) is 4.98 Å². The van der Waals surface area contributed by atoms with Gasteiger partial charge in [0.25, 0.3) is 0 Å². The fourth-order valence-electron chi connectivity index (χ4n) is 2.73. The monoisotopic (exact) mass is 282 g/mol. The van der Waals surface area contributed by atoms with Crippen molar-refractivity contribution in [1.29, 1.82) is 0 Å². The van der Waals surface area contributed by atoms with Crippen LogP contribution in [0.25, 0.3) is 11.5 Å². The standard InChI is InChI=1S/C17H22N4/c1-3-13-12-16(21(4-2)14-8-7-9-14)20-17(19-13)15-10-5-6-11-18-15/h5-6,10-12,14H,3-4,7-9H2,1-2H3. The van der Waals surface area contributed by atoms with Crippen LogP contribution in [-0.2, 0) is 6.42 Å². The molecule has 4 nitrogen and oxygen atoms in total. The van der Waals surface area contributed by atoms with Gasteiger partial charge in [-0.2, -0.15) is 0 Å². The fraction of sp³-hybridized carbons (Fsp3) is 0.471. The third-order valence-corrected chi connectivity index (χ3v) is 4.17. The second-order valence-electron chi connectivity index (χ2n) is 5.48. The zero-order valence-corrected chi connectivity index (χ0v) is 12.8. The molecule has 0 aliphatic heterocycles. The Labute approximate surface area is 126 Å². The van der Waals surface area contributed by atoms with Gasteiger partial charge in [0.15, 0.2) is 5.82 Å². The molecule has 0 radical (unpaired) electrons. The van der Waals surface area contributed by atoms with Gasteiger partial charge >= 0.3 is 0 Å². The van der Waals surface area contributed by atoms with E-state index < -0.39 is 0 Å². The maximum atomic E-state index is 4.78. The molecule has 2 heterocycles. The zero-order chi connectivity index (χ0) is 14.7. The highest BCUT2D eigenvalue weighted by molar-refractivity contribution is 5.54.